The van der Waals surface area contributed by atoms with Gasteiger partial charge in [-0.15, -0.1) is 0 Å². The molecule has 0 bridgehead atoms. The van der Waals surface area contributed by atoms with Crippen LogP contribution >= 0.6 is 11.6 Å². The van der Waals surface area contributed by atoms with Gasteiger partial charge in [-0.3, -0.25) is 4.79 Å². The highest BCUT2D eigenvalue weighted by molar-refractivity contribution is 6.32. The third-order valence-corrected chi connectivity index (χ3v) is 4.68. The molecule has 0 fully saturated rings. The summed E-state index contributed by atoms with van der Waals surface area (Å²) < 4.78 is 12.2. The monoisotopic (exact) mass is 396 g/mol. The third kappa shape index (κ3) is 3.70. The van der Waals surface area contributed by atoms with Gasteiger partial charge in [-0.25, -0.2) is 10.1 Å². The van der Waals surface area contributed by atoms with E-state index in [1.54, 1.807) is 22.9 Å². The number of nitrogens with zero attached hydrogens (tertiary/aromatic N) is 3. The first kappa shape index (κ1) is 18.1. The minimum atomic E-state index is -0.361. The van der Waals surface area contributed by atoms with Crippen molar-refractivity contribution >= 4 is 23.7 Å². The van der Waals surface area contributed by atoms with E-state index < -0.39 is 0 Å². The van der Waals surface area contributed by atoms with Crippen LogP contribution in [0.25, 0.3) is 0 Å². The number of benzene rings is 2. The SMILES string of the molecule is Cc1nn(Cc2ccccc2)c(Cl)c1C=NNC(=O)c1ccc2c(c1)OCO2. The van der Waals surface area contributed by atoms with Gasteiger partial charge in [0.25, 0.3) is 5.91 Å². The fourth-order valence-electron chi connectivity index (χ4n) is 2.83. The molecule has 0 aliphatic carbocycles. The molecule has 3 aromatic rings. The molecule has 0 spiro atoms. The summed E-state index contributed by atoms with van der Waals surface area (Å²) >= 11 is 6.44. The molecule has 2 heterocycles. The molecular formula is C20H17ClN4O3. The molecule has 0 unspecified atom stereocenters. The topological polar surface area (TPSA) is 77.7 Å². The van der Waals surface area contributed by atoms with Crippen LogP contribution in [0.4, 0.5) is 0 Å². The highest BCUT2D eigenvalue weighted by Gasteiger charge is 2.16. The molecule has 1 amide bonds. The van der Waals surface area contributed by atoms with E-state index in [2.05, 4.69) is 15.6 Å². The van der Waals surface area contributed by atoms with Gasteiger partial charge in [0, 0.05) is 5.56 Å². The highest BCUT2D eigenvalue weighted by Crippen LogP contribution is 2.32. The van der Waals surface area contributed by atoms with E-state index in [-0.39, 0.29) is 12.7 Å². The number of nitrogens with one attached hydrogen (secondary N) is 1. The Labute approximate surface area is 166 Å². The van der Waals surface area contributed by atoms with Gasteiger partial charge in [-0.2, -0.15) is 10.2 Å². The zero-order chi connectivity index (χ0) is 19.5. The van der Waals surface area contributed by atoms with Crippen molar-refractivity contribution in [3.63, 3.8) is 0 Å². The van der Waals surface area contributed by atoms with E-state index in [9.17, 15) is 4.79 Å². The fourth-order valence-corrected chi connectivity index (χ4v) is 3.12. The van der Waals surface area contributed by atoms with Crippen molar-refractivity contribution in [1.29, 1.82) is 0 Å². The maximum absolute atomic E-state index is 12.3. The van der Waals surface area contributed by atoms with Crippen LogP contribution in [0.2, 0.25) is 5.15 Å². The molecule has 4 rings (SSSR count). The Hall–Kier alpha value is -3.32. The Bertz CT molecular complexity index is 1050. The normalized spacial score (nSPS) is 12.5. The first-order valence-corrected chi connectivity index (χ1v) is 8.99. The predicted molar refractivity (Wildman–Crippen MR) is 105 cm³/mol. The summed E-state index contributed by atoms with van der Waals surface area (Å²) in [6, 6.07) is 14.9. The summed E-state index contributed by atoms with van der Waals surface area (Å²) in [5, 5.41) is 8.93. The number of amides is 1. The molecule has 1 N–H and O–H groups in total. The van der Waals surface area contributed by atoms with Crippen LogP contribution < -0.4 is 14.9 Å². The van der Waals surface area contributed by atoms with E-state index >= 15 is 0 Å². The van der Waals surface area contributed by atoms with Gasteiger partial charge in [-0.05, 0) is 30.7 Å². The molecule has 1 aliphatic rings. The van der Waals surface area contributed by atoms with Gasteiger partial charge in [-0.1, -0.05) is 41.9 Å². The summed E-state index contributed by atoms with van der Waals surface area (Å²) in [4.78, 5) is 12.3. The minimum Gasteiger partial charge on any atom is -0.454 e. The second kappa shape index (κ2) is 7.74. The number of carbonyl (C=O) groups is 1. The Morgan fingerprint density at radius 3 is 2.86 bits per heavy atom. The molecule has 142 valence electrons. The Balaban J connectivity index is 1.45. The smallest absolute Gasteiger partial charge is 0.271 e. The number of aromatic nitrogens is 2. The van der Waals surface area contributed by atoms with E-state index in [1.807, 2.05) is 37.3 Å². The minimum absolute atomic E-state index is 0.156. The number of carbonyl (C=O) groups excluding carboxylic acids is 1. The average Bonchev–Trinajstić information content (AvgIpc) is 3.28. The van der Waals surface area contributed by atoms with Crippen LogP contribution in [-0.4, -0.2) is 28.7 Å². The first-order valence-electron chi connectivity index (χ1n) is 8.61. The molecular weight excluding hydrogens is 380 g/mol. The van der Waals surface area contributed by atoms with Crippen molar-refractivity contribution < 1.29 is 14.3 Å². The van der Waals surface area contributed by atoms with Crippen molar-refractivity contribution in [3.05, 3.63) is 76.1 Å². The fraction of sp³-hybridized carbons (Fsp3) is 0.150. The van der Waals surface area contributed by atoms with Gasteiger partial charge in [0.2, 0.25) is 6.79 Å². The van der Waals surface area contributed by atoms with Crippen LogP contribution in [0, 0.1) is 6.92 Å². The van der Waals surface area contributed by atoms with Crippen molar-refractivity contribution in [2.45, 2.75) is 13.5 Å². The highest BCUT2D eigenvalue weighted by atomic mass is 35.5. The second-order valence-corrected chi connectivity index (χ2v) is 6.56. The van der Waals surface area contributed by atoms with Crippen molar-refractivity contribution in [1.82, 2.24) is 15.2 Å². The molecule has 0 radical (unpaired) electrons. The van der Waals surface area contributed by atoms with Gasteiger partial charge in [0.1, 0.15) is 5.15 Å². The number of ether oxygens (including phenoxy) is 2. The average molecular weight is 397 g/mol. The molecule has 2 aromatic carbocycles. The number of halogens is 1. The molecule has 0 saturated heterocycles. The first-order chi connectivity index (χ1) is 13.6. The van der Waals surface area contributed by atoms with Crippen LogP contribution in [0.5, 0.6) is 11.5 Å². The van der Waals surface area contributed by atoms with Crippen LogP contribution in [0.15, 0.2) is 53.6 Å². The van der Waals surface area contributed by atoms with Crippen molar-refractivity contribution in [2.24, 2.45) is 5.10 Å². The van der Waals surface area contributed by atoms with Crippen LogP contribution in [0.3, 0.4) is 0 Å². The lowest BCUT2D eigenvalue weighted by atomic mass is 10.2. The van der Waals surface area contributed by atoms with Gasteiger partial charge < -0.3 is 9.47 Å². The lowest BCUT2D eigenvalue weighted by molar-refractivity contribution is 0.0954. The lowest BCUT2D eigenvalue weighted by Crippen LogP contribution is -2.17. The Morgan fingerprint density at radius 2 is 2.04 bits per heavy atom. The zero-order valence-electron chi connectivity index (χ0n) is 15.1. The van der Waals surface area contributed by atoms with E-state index in [0.717, 1.165) is 11.3 Å². The molecule has 8 heteroatoms. The molecule has 1 aliphatic heterocycles. The largest absolute Gasteiger partial charge is 0.454 e. The van der Waals surface area contributed by atoms with Crippen molar-refractivity contribution in [3.8, 4) is 11.5 Å². The summed E-state index contributed by atoms with van der Waals surface area (Å²) in [5.41, 5.74) is 5.38. The van der Waals surface area contributed by atoms with Gasteiger partial charge >= 0.3 is 0 Å². The Kier molecular flexibility index (Phi) is 4.99. The van der Waals surface area contributed by atoms with E-state index in [1.165, 1.54) is 6.21 Å². The van der Waals surface area contributed by atoms with Crippen LogP contribution in [-0.2, 0) is 6.54 Å². The molecule has 0 atom stereocenters. The molecule has 1 aromatic heterocycles. The molecule has 7 nitrogen and oxygen atoms in total. The second-order valence-electron chi connectivity index (χ2n) is 6.20. The summed E-state index contributed by atoms with van der Waals surface area (Å²) in [5.74, 6) is 0.797. The number of rotatable bonds is 5. The number of hydrogen-bond acceptors (Lipinski definition) is 5. The summed E-state index contributed by atoms with van der Waals surface area (Å²) in [6.45, 7) is 2.55. The zero-order valence-corrected chi connectivity index (χ0v) is 15.8. The van der Waals surface area contributed by atoms with Crippen LogP contribution in [0.1, 0.15) is 27.2 Å². The van der Waals surface area contributed by atoms with Crippen molar-refractivity contribution in [2.75, 3.05) is 6.79 Å². The number of hydrogen-bond donors (Lipinski definition) is 1. The predicted octanol–water partition coefficient (Wildman–Crippen LogP) is 3.39. The number of fused-ring (bicyclic) bond motifs is 1. The number of aryl methyl sites for hydroxylation is 1. The summed E-state index contributed by atoms with van der Waals surface area (Å²) in [7, 11) is 0. The van der Waals surface area contributed by atoms with E-state index in [4.69, 9.17) is 21.1 Å². The quantitative estimate of drug-likeness (QED) is 0.529. The maximum Gasteiger partial charge on any atom is 0.271 e. The Morgan fingerprint density at radius 1 is 1.25 bits per heavy atom. The summed E-state index contributed by atoms with van der Waals surface area (Å²) in [6.07, 6.45) is 1.50. The van der Waals surface area contributed by atoms with Gasteiger partial charge in [0.05, 0.1) is 24.0 Å². The lowest BCUT2D eigenvalue weighted by Gasteiger charge is -2.03. The van der Waals surface area contributed by atoms with E-state index in [0.29, 0.717) is 34.3 Å². The molecule has 28 heavy (non-hydrogen) atoms. The third-order valence-electron chi connectivity index (χ3n) is 4.28. The standard InChI is InChI=1S/C20H17ClN4O3/c1-13-16(19(21)25(24-13)11-14-5-3-2-4-6-14)10-22-23-20(26)15-7-8-17-18(9-15)28-12-27-17/h2-10H,11-12H2,1H3,(H,23,26). The van der Waals surface area contributed by atoms with Gasteiger partial charge in [0.15, 0.2) is 11.5 Å². The molecule has 0 saturated carbocycles. The maximum atomic E-state index is 12.3. The number of hydrazone groups is 1.